The molecule has 0 aliphatic carbocycles. The second-order valence-electron chi connectivity index (χ2n) is 6.93. The van der Waals surface area contributed by atoms with E-state index in [2.05, 4.69) is 21.8 Å². The zero-order chi connectivity index (χ0) is 21.0. The van der Waals surface area contributed by atoms with Gasteiger partial charge in [-0.15, -0.1) is 0 Å². The third-order valence-electron chi connectivity index (χ3n) is 5.04. The highest BCUT2D eigenvalue weighted by atomic mass is 19.4. The predicted molar refractivity (Wildman–Crippen MR) is 101 cm³/mol. The normalized spacial score (nSPS) is 15.2. The Morgan fingerprint density at radius 3 is 2.31 bits per heavy atom. The van der Waals surface area contributed by atoms with Crippen LogP contribution < -0.4 is 10.6 Å². The Morgan fingerprint density at radius 1 is 1.07 bits per heavy atom. The van der Waals surface area contributed by atoms with E-state index < -0.39 is 18.1 Å². The largest absolute Gasteiger partial charge is 0.491 e. The third-order valence-corrected chi connectivity index (χ3v) is 5.04. The van der Waals surface area contributed by atoms with Gasteiger partial charge in [-0.1, -0.05) is 24.3 Å². The summed E-state index contributed by atoms with van der Waals surface area (Å²) in [6.45, 7) is 2.14. The van der Waals surface area contributed by atoms with E-state index in [1.165, 1.54) is 17.7 Å². The Labute approximate surface area is 166 Å². The molecule has 2 N–H and O–H groups in total. The molecule has 8 heteroatoms. The molecule has 1 fully saturated rings. The van der Waals surface area contributed by atoms with Crippen molar-refractivity contribution >= 4 is 17.6 Å². The lowest BCUT2D eigenvalue weighted by atomic mass is 9.88. The molecule has 2 aromatic carbocycles. The van der Waals surface area contributed by atoms with Gasteiger partial charge in [-0.05, 0) is 54.2 Å². The Kier molecular flexibility index (Phi) is 6.22. The van der Waals surface area contributed by atoms with Gasteiger partial charge in [0.25, 0.3) is 0 Å². The van der Waals surface area contributed by atoms with Crippen molar-refractivity contribution in [1.82, 2.24) is 0 Å². The van der Waals surface area contributed by atoms with Gasteiger partial charge in [0, 0.05) is 25.3 Å². The van der Waals surface area contributed by atoms with E-state index >= 15 is 0 Å². The van der Waals surface area contributed by atoms with Crippen LogP contribution in [-0.2, 0) is 16.1 Å². The minimum atomic E-state index is -5.20. The summed E-state index contributed by atoms with van der Waals surface area (Å²) < 4.78 is 40.4. The Bertz CT molecular complexity index is 873. The Morgan fingerprint density at radius 2 is 1.72 bits per heavy atom. The van der Waals surface area contributed by atoms with Crippen molar-refractivity contribution in [2.45, 2.75) is 31.5 Å². The van der Waals surface area contributed by atoms with E-state index in [-0.39, 0.29) is 5.56 Å². The first kappa shape index (κ1) is 20.9. The van der Waals surface area contributed by atoms with Crippen LogP contribution >= 0.6 is 0 Å². The molecule has 1 aliphatic heterocycles. The van der Waals surface area contributed by atoms with E-state index in [1.807, 2.05) is 12.1 Å². The van der Waals surface area contributed by atoms with Gasteiger partial charge in [0.1, 0.15) is 0 Å². The van der Waals surface area contributed by atoms with Crippen molar-refractivity contribution < 1.29 is 27.5 Å². The number of rotatable bonds is 4. The fourth-order valence-electron chi connectivity index (χ4n) is 3.45. The summed E-state index contributed by atoms with van der Waals surface area (Å²) in [6.07, 6.45) is -3.29. The average molecular weight is 406 g/mol. The first-order valence-corrected chi connectivity index (χ1v) is 9.25. The van der Waals surface area contributed by atoms with E-state index in [9.17, 15) is 22.8 Å². The molecule has 0 saturated carbocycles. The maximum atomic E-state index is 12.2. The maximum absolute atomic E-state index is 12.2. The van der Waals surface area contributed by atoms with Crippen LogP contribution in [0.2, 0.25) is 0 Å². The number of hydrogen-bond donors (Lipinski definition) is 1. The van der Waals surface area contributed by atoms with Crippen molar-refractivity contribution in [3.8, 4) is 0 Å². The number of hydrogen-bond acceptors (Lipinski definition) is 5. The van der Waals surface area contributed by atoms with Gasteiger partial charge in [-0.25, -0.2) is 9.59 Å². The molecule has 0 spiro atoms. The zero-order valence-electron chi connectivity index (χ0n) is 15.6. The van der Waals surface area contributed by atoms with Crippen molar-refractivity contribution in [2.75, 3.05) is 18.0 Å². The van der Waals surface area contributed by atoms with Gasteiger partial charge in [-0.2, -0.15) is 13.2 Å². The van der Waals surface area contributed by atoms with Crippen LogP contribution in [0.1, 0.15) is 40.2 Å². The summed E-state index contributed by atoms with van der Waals surface area (Å²) in [5.74, 6) is -3.40. The molecule has 0 aromatic heterocycles. The number of ether oxygens (including phenoxy) is 1. The maximum Gasteiger partial charge on any atom is 0.491 e. The minimum Gasteiger partial charge on any atom is -0.383 e. The minimum absolute atomic E-state index is 0.111. The molecule has 3 rings (SSSR count). The van der Waals surface area contributed by atoms with E-state index in [4.69, 9.17) is 5.73 Å². The molecule has 2 aromatic rings. The van der Waals surface area contributed by atoms with Crippen molar-refractivity contribution in [3.05, 3.63) is 65.2 Å². The summed E-state index contributed by atoms with van der Waals surface area (Å²) in [4.78, 5) is 24.6. The first-order chi connectivity index (χ1) is 13.8. The van der Waals surface area contributed by atoms with Crippen molar-refractivity contribution in [1.29, 1.82) is 0 Å². The van der Waals surface area contributed by atoms with Crippen LogP contribution in [0.25, 0.3) is 0 Å². The predicted octanol–water partition coefficient (Wildman–Crippen LogP) is 3.78. The molecule has 0 bridgehead atoms. The monoisotopic (exact) mass is 406 g/mol. The van der Waals surface area contributed by atoms with Crippen LogP contribution in [0.5, 0.6) is 0 Å². The van der Waals surface area contributed by atoms with Crippen LogP contribution in [0.3, 0.4) is 0 Å². The summed E-state index contributed by atoms with van der Waals surface area (Å²) in [6, 6.07) is 14.3. The van der Waals surface area contributed by atoms with Crippen LogP contribution in [0.15, 0.2) is 48.5 Å². The van der Waals surface area contributed by atoms with Gasteiger partial charge < -0.3 is 15.4 Å². The molecule has 1 heterocycles. The number of alkyl halides is 3. The lowest BCUT2D eigenvalue weighted by molar-refractivity contribution is -0.193. The standard InChI is InChI=1S/C21H21F3N2O3/c22-21(23,24)20(28)29-19(27)16-4-6-18(7-5-16)26-10-8-15(9-11-26)17-3-1-2-14(12-17)13-25/h1-7,12,15H,8-11,13,25H2. The highest BCUT2D eigenvalue weighted by Crippen LogP contribution is 2.31. The number of halogens is 3. The van der Waals surface area contributed by atoms with E-state index in [0.717, 1.165) is 37.2 Å². The van der Waals surface area contributed by atoms with Gasteiger partial charge in [-0.3, -0.25) is 0 Å². The fourth-order valence-corrected chi connectivity index (χ4v) is 3.45. The smallest absolute Gasteiger partial charge is 0.383 e. The second-order valence-corrected chi connectivity index (χ2v) is 6.93. The number of nitrogens with two attached hydrogens (primary N) is 1. The average Bonchev–Trinajstić information content (AvgIpc) is 2.73. The number of carbonyl (C=O) groups is 2. The molecule has 29 heavy (non-hydrogen) atoms. The quantitative estimate of drug-likeness (QED) is 0.618. The summed E-state index contributed by atoms with van der Waals surface area (Å²) in [5.41, 5.74) is 8.85. The van der Waals surface area contributed by atoms with Gasteiger partial charge in [0.2, 0.25) is 0 Å². The van der Waals surface area contributed by atoms with Gasteiger partial charge in [0.05, 0.1) is 5.56 Å². The lowest BCUT2D eigenvalue weighted by Gasteiger charge is -2.34. The molecular formula is C21H21F3N2O3. The molecular weight excluding hydrogens is 385 g/mol. The first-order valence-electron chi connectivity index (χ1n) is 9.25. The van der Waals surface area contributed by atoms with Gasteiger partial charge in [0.15, 0.2) is 0 Å². The zero-order valence-corrected chi connectivity index (χ0v) is 15.6. The van der Waals surface area contributed by atoms with E-state index in [0.29, 0.717) is 12.5 Å². The number of piperidine rings is 1. The molecule has 154 valence electrons. The SMILES string of the molecule is NCc1cccc(C2CCN(c3ccc(C(=O)OC(=O)C(F)(F)F)cc3)CC2)c1. The number of nitrogens with zero attached hydrogens (tertiary/aromatic N) is 1. The topological polar surface area (TPSA) is 72.6 Å². The Hall–Kier alpha value is -2.87. The second kappa shape index (κ2) is 8.65. The van der Waals surface area contributed by atoms with Crippen LogP contribution in [0, 0.1) is 0 Å². The molecule has 1 aliphatic rings. The number of carbonyl (C=O) groups excluding carboxylic acids is 2. The highest BCUT2D eigenvalue weighted by Gasteiger charge is 2.42. The van der Waals surface area contributed by atoms with E-state index in [1.54, 1.807) is 12.1 Å². The fraction of sp³-hybridized carbons (Fsp3) is 0.333. The van der Waals surface area contributed by atoms with Crippen LogP contribution in [0.4, 0.5) is 18.9 Å². The van der Waals surface area contributed by atoms with Crippen LogP contribution in [-0.4, -0.2) is 31.2 Å². The molecule has 0 radical (unpaired) electrons. The summed E-state index contributed by atoms with van der Waals surface area (Å²) in [5, 5.41) is 0. The molecule has 0 unspecified atom stereocenters. The number of anilines is 1. The summed E-state index contributed by atoms with van der Waals surface area (Å²) >= 11 is 0. The van der Waals surface area contributed by atoms with Crippen molar-refractivity contribution in [3.63, 3.8) is 0 Å². The van der Waals surface area contributed by atoms with Gasteiger partial charge >= 0.3 is 18.1 Å². The third kappa shape index (κ3) is 5.14. The molecule has 0 atom stereocenters. The number of benzene rings is 2. The Balaban J connectivity index is 1.59. The summed E-state index contributed by atoms with van der Waals surface area (Å²) in [7, 11) is 0. The molecule has 1 saturated heterocycles. The number of esters is 2. The highest BCUT2D eigenvalue weighted by molar-refractivity contribution is 5.98. The molecule has 5 nitrogen and oxygen atoms in total. The molecule has 0 amide bonds. The lowest BCUT2D eigenvalue weighted by Crippen LogP contribution is -2.33. The van der Waals surface area contributed by atoms with Crippen molar-refractivity contribution in [2.24, 2.45) is 5.73 Å².